The topological polar surface area (TPSA) is 176 Å². The zero-order valence-electron chi connectivity index (χ0n) is 19.3. The monoisotopic (exact) mass is 521 g/mol. The zero-order chi connectivity index (χ0) is 26.3. The van der Waals surface area contributed by atoms with Crippen LogP contribution in [0.15, 0.2) is 48.5 Å². The van der Waals surface area contributed by atoms with Crippen LogP contribution in [-0.2, 0) is 29.8 Å². The molecule has 0 aliphatic rings. The maximum absolute atomic E-state index is 12.7. The highest BCUT2D eigenvalue weighted by Crippen LogP contribution is 2.43. The molecule has 0 aliphatic carbocycles. The molecule has 1 atom stereocenters. The number of anilines is 1. The molecule has 0 spiro atoms. The second-order valence-electron chi connectivity index (χ2n) is 7.52. The molecule has 0 saturated heterocycles. The minimum atomic E-state index is -4.63. The Labute approximate surface area is 205 Å². The van der Waals surface area contributed by atoms with E-state index in [0.717, 1.165) is 0 Å². The Morgan fingerprint density at radius 2 is 1.78 bits per heavy atom. The van der Waals surface area contributed by atoms with Gasteiger partial charge in [-0.25, -0.2) is 19.1 Å². The smallest absolute Gasteiger partial charge is 0.465 e. The van der Waals surface area contributed by atoms with Gasteiger partial charge in [0.1, 0.15) is 13.3 Å². The van der Waals surface area contributed by atoms with E-state index in [9.17, 15) is 23.8 Å². The van der Waals surface area contributed by atoms with Crippen LogP contribution in [0, 0.1) is 0 Å². The molecular formula is C22H24N3O10P. The molecule has 0 aliphatic heterocycles. The number of phosphoric acid groups is 1. The number of nitrogens with zero attached hydrogens (tertiary/aromatic N) is 2. The largest absolute Gasteiger partial charge is 0.508 e. The fourth-order valence-electron chi connectivity index (χ4n) is 3.02. The number of carboxylic acid groups (broad SMARTS) is 1. The van der Waals surface area contributed by atoms with Crippen LogP contribution in [0.4, 0.5) is 15.5 Å². The SMILES string of the molecule is CC(C)OC(=O)OCCOP(=O)(O)OCn1c(NC(=O)O)nc2cc(C(=O)c3ccccc3)ccc21. The first-order valence-electron chi connectivity index (χ1n) is 10.6. The van der Waals surface area contributed by atoms with Gasteiger partial charge in [-0.15, -0.1) is 0 Å². The lowest BCUT2D eigenvalue weighted by Crippen LogP contribution is -2.16. The third-order valence-corrected chi connectivity index (χ3v) is 5.46. The lowest BCUT2D eigenvalue weighted by molar-refractivity contribution is 0.0221. The molecule has 13 nitrogen and oxygen atoms in total. The number of hydrogen-bond donors (Lipinski definition) is 3. The van der Waals surface area contributed by atoms with E-state index in [2.05, 4.69) is 15.0 Å². The molecule has 2 aromatic carbocycles. The molecular weight excluding hydrogens is 497 g/mol. The number of nitrogens with one attached hydrogen (secondary N) is 1. The van der Waals surface area contributed by atoms with Gasteiger partial charge in [0, 0.05) is 11.1 Å². The first-order valence-corrected chi connectivity index (χ1v) is 12.1. The number of imidazole rings is 1. The minimum Gasteiger partial charge on any atom is -0.465 e. The number of aromatic nitrogens is 2. The normalized spacial score (nSPS) is 12.8. The predicted octanol–water partition coefficient (Wildman–Crippen LogP) is 4.01. The Kier molecular flexibility index (Phi) is 8.78. The summed E-state index contributed by atoms with van der Waals surface area (Å²) in [7, 11) is -4.63. The van der Waals surface area contributed by atoms with Gasteiger partial charge < -0.3 is 19.5 Å². The number of fused-ring (bicyclic) bond motifs is 1. The van der Waals surface area contributed by atoms with Crippen LogP contribution in [0.3, 0.4) is 0 Å². The Bertz CT molecular complexity index is 1290. The van der Waals surface area contributed by atoms with E-state index in [1.165, 1.54) is 22.8 Å². The molecule has 1 heterocycles. The number of phosphoric ester groups is 1. The minimum absolute atomic E-state index is 0.207. The predicted molar refractivity (Wildman–Crippen MR) is 126 cm³/mol. The van der Waals surface area contributed by atoms with Gasteiger partial charge >= 0.3 is 20.1 Å². The average Bonchev–Trinajstić information content (AvgIpc) is 3.15. The Hall–Kier alpha value is -3.77. The summed E-state index contributed by atoms with van der Waals surface area (Å²) < 4.78 is 32.6. The number of ether oxygens (including phenoxy) is 2. The molecule has 192 valence electrons. The van der Waals surface area contributed by atoms with Gasteiger partial charge in [-0.1, -0.05) is 30.3 Å². The third-order valence-electron chi connectivity index (χ3n) is 4.50. The van der Waals surface area contributed by atoms with E-state index in [0.29, 0.717) is 16.6 Å². The molecule has 3 rings (SSSR count). The number of carbonyl (C=O) groups excluding carboxylic acids is 2. The summed E-state index contributed by atoms with van der Waals surface area (Å²) in [6, 6.07) is 13.0. The number of ketones is 1. The summed E-state index contributed by atoms with van der Waals surface area (Å²) in [6.07, 6.45) is -2.78. The van der Waals surface area contributed by atoms with E-state index >= 15 is 0 Å². The maximum atomic E-state index is 12.7. The number of carbonyl (C=O) groups is 3. The first-order chi connectivity index (χ1) is 17.1. The van der Waals surface area contributed by atoms with E-state index in [1.807, 2.05) is 0 Å². The Morgan fingerprint density at radius 1 is 1.06 bits per heavy atom. The summed E-state index contributed by atoms with van der Waals surface area (Å²) in [5, 5.41) is 11.2. The van der Waals surface area contributed by atoms with Gasteiger partial charge in [-0.3, -0.25) is 23.7 Å². The van der Waals surface area contributed by atoms with Crippen molar-refractivity contribution in [2.24, 2.45) is 0 Å². The van der Waals surface area contributed by atoms with Gasteiger partial charge in [-0.05, 0) is 32.0 Å². The van der Waals surface area contributed by atoms with Crippen LogP contribution >= 0.6 is 7.82 Å². The summed E-state index contributed by atoms with van der Waals surface area (Å²) >= 11 is 0. The summed E-state index contributed by atoms with van der Waals surface area (Å²) in [5.74, 6) is -0.467. The molecule has 36 heavy (non-hydrogen) atoms. The Morgan fingerprint density at radius 3 is 2.44 bits per heavy atom. The van der Waals surface area contributed by atoms with E-state index in [-0.39, 0.29) is 23.9 Å². The second-order valence-corrected chi connectivity index (χ2v) is 8.97. The van der Waals surface area contributed by atoms with Crippen molar-refractivity contribution in [2.45, 2.75) is 26.7 Å². The summed E-state index contributed by atoms with van der Waals surface area (Å²) in [5.41, 5.74) is 1.34. The number of rotatable bonds is 11. The van der Waals surface area contributed by atoms with Crippen LogP contribution in [-0.4, -0.2) is 56.9 Å². The van der Waals surface area contributed by atoms with Crippen molar-refractivity contribution in [3.8, 4) is 0 Å². The van der Waals surface area contributed by atoms with Crippen LogP contribution in [0.2, 0.25) is 0 Å². The zero-order valence-corrected chi connectivity index (χ0v) is 20.2. The van der Waals surface area contributed by atoms with Gasteiger partial charge in [0.15, 0.2) is 5.78 Å². The van der Waals surface area contributed by atoms with Crippen molar-refractivity contribution in [3.05, 3.63) is 59.7 Å². The quantitative estimate of drug-likeness (QED) is 0.144. The molecule has 0 saturated carbocycles. The van der Waals surface area contributed by atoms with Crippen molar-refractivity contribution in [1.82, 2.24) is 9.55 Å². The maximum Gasteiger partial charge on any atom is 0.508 e. The van der Waals surface area contributed by atoms with Crippen LogP contribution in [0.25, 0.3) is 11.0 Å². The van der Waals surface area contributed by atoms with E-state index < -0.39 is 39.5 Å². The van der Waals surface area contributed by atoms with Crippen molar-refractivity contribution in [2.75, 3.05) is 18.5 Å². The number of amides is 1. The molecule has 0 fully saturated rings. The standard InChI is InChI=1S/C22H24N3O10P/c1-14(2)35-22(29)32-10-11-33-36(30,31)34-13-25-18-9-8-16(19(26)15-6-4-3-5-7-15)12-17(18)23-20(25)24-21(27)28/h3-9,12,14H,10-11,13H2,1-2H3,(H,23,24)(H,27,28)(H,30,31). The molecule has 1 amide bonds. The fourth-order valence-corrected chi connectivity index (χ4v) is 3.66. The lowest BCUT2D eigenvalue weighted by atomic mass is 10.0. The van der Waals surface area contributed by atoms with E-state index in [1.54, 1.807) is 44.2 Å². The first kappa shape index (κ1) is 26.8. The van der Waals surface area contributed by atoms with Crippen LogP contribution in [0.1, 0.15) is 29.8 Å². The van der Waals surface area contributed by atoms with Crippen molar-refractivity contribution in [3.63, 3.8) is 0 Å². The van der Waals surface area contributed by atoms with Crippen molar-refractivity contribution >= 4 is 42.8 Å². The third kappa shape index (κ3) is 7.36. The van der Waals surface area contributed by atoms with Gasteiger partial charge in [0.05, 0.1) is 23.7 Å². The van der Waals surface area contributed by atoms with Gasteiger partial charge in [0.25, 0.3) is 0 Å². The van der Waals surface area contributed by atoms with Gasteiger partial charge in [-0.2, -0.15) is 0 Å². The molecule has 1 aromatic heterocycles. The second kappa shape index (κ2) is 11.8. The van der Waals surface area contributed by atoms with Crippen molar-refractivity contribution in [1.29, 1.82) is 0 Å². The Balaban J connectivity index is 1.72. The van der Waals surface area contributed by atoms with Crippen LogP contribution in [0.5, 0.6) is 0 Å². The molecule has 0 radical (unpaired) electrons. The highest BCUT2D eigenvalue weighted by Gasteiger charge is 2.24. The summed E-state index contributed by atoms with van der Waals surface area (Å²) in [6.45, 7) is 1.81. The van der Waals surface area contributed by atoms with Crippen molar-refractivity contribution < 1.29 is 47.5 Å². The fraction of sp³-hybridized carbons (Fsp3) is 0.273. The lowest BCUT2D eigenvalue weighted by Gasteiger charge is -2.14. The highest BCUT2D eigenvalue weighted by molar-refractivity contribution is 7.47. The molecule has 14 heteroatoms. The van der Waals surface area contributed by atoms with E-state index in [4.69, 9.17) is 18.9 Å². The number of benzene rings is 2. The average molecular weight is 521 g/mol. The number of hydrogen-bond acceptors (Lipinski definition) is 9. The highest BCUT2D eigenvalue weighted by atomic mass is 31.2. The molecule has 0 bridgehead atoms. The van der Waals surface area contributed by atoms with Gasteiger partial charge in [0.2, 0.25) is 5.95 Å². The molecule has 3 aromatic rings. The molecule has 1 unspecified atom stereocenters. The summed E-state index contributed by atoms with van der Waals surface area (Å²) in [4.78, 5) is 49.4. The van der Waals surface area contributed by atoms with Crippen LogP contribution < -0.4 is 5.32 Å². The molecule has 3 N–H and O–H groups in total.